The molecule has 31 heavy (non-hydrogen) atoms. The molecule has 0 aliphatic heterocycles. The van der Waals surface area contributed by atoms with Crippen molar-refractivity contribution in [2.45, 2.75) is 26.3 Å². The van der Waals surface area contributed by atoms with Crippen molar-refractivity contribution in [1.82, 2.24) is 19.1 Å². The van der Waals surface area contributed by atoms with Gasteiger partial charge in [0.05, 0.1) is 0 Å². The Bertz CT molecular complexity index is 1390. The quantitative estimate of drug-likeness (QED) is 0.485. The van der Waals surface area contributed by atoms with Crippen molar-refractivity contribution in [3.05, 3.63) is 96.9 Å². The van der Waals surface area contributed by atoms with Gasteiger partial charge in [-0.05, 0) is 43.7 Å². The van der Waals surface area contributed by atoms with Gasteiger partial charge in [-0.15, -0.1) is 0 Å². The van der Waals surface area contributed by atoms with Crippen LogP contribution in [0.5, 0.6) is 0 Å². The molecule has 1 N–H and O–H groups in total. The molecule has 2 aromatic carbocycles. The van der Waals surface area contributed by atoms with E-state index < -0.39 is 5.69 Å². The van der Waals surface area contributed by atoms with Gasteiger partial charge in [0, 0.05) is 35.7 Å². The van der Waals surface area contributed by atoms with Crippen molar-refractivity contribution >= 4 is 28.5 Å². The average molecular weight is 437 g/mol. The Morgan fingerprint density at radius 3 is 2.19 bits per heavy atom. The molecule has 0 atom stereocenters. The topological polar surface area (TPSA) is 89.8 Å². The molecule has 158 valence electrons. The molecular weight excluding hydrogens is 416 g/mol. The van der Waals surface area contributed by atoms with E-state index in [0.29, 0.717) is 39.6 Å². The zero-order chi connectivity index (χ0) is 22.3. The van der Waals surface area contributed by atoms with Gasteiger partial charge < -0.3 is 4.98 Å². The van der Waals surface area contributed by atoms with Gasteiger partial charge in [-0.2, -0.15) is 0 Å². The first-order valence-electron chi connectivity index (χ1n) is 9.85. The van der Waals surface area contributed by atoms with Crippen LogP contribution < -0.4 is 11.2 Å². The maximum Gasteiger partial charge on any atom is 0.332 e. The molecule has 4 rings (SSSR count). The van der Waals surface area contributed by atoms with E-state index in [1.54, 1.807) is 57.3 Å². The third kappa shape index (κ3) is 3.84. The van der Waals surface area contributed by atoms with Gasteiger partial charge in [0.15, 0.2) is 11.4 Å². The minimum absolute atomic E-state index is 0.0869. The Labute approximate surface area is 182 Å². The Morgan fingerprint density at radius 2 is 1.61 bits per heavy atom. The highest BCUT2D eigenvalue weighted by Gasteiger charge is 2.17. The highest BCUT2D eigenvalue weighted by Crippen LogP contribution is 2.16. The van der Waals surface area contributed by atoms with Crippen molar-refractivity contribution in [3.8, 4) is 0 Å². The van der Waals surface area contributed by atoms with Crippen LogP contribution in [0.25, 0.3) is 11.2 Å². The summed E-state index contributed by atoms with van der Waals surface area (Å²) in [4.78, 5) is 45.3. The lowest BCUT2D eigenvalue weighted by Crippen LogP contribution is -2.40. The smallest absolute Gasteiger partial charge is 0.332 e. The summed E-state index contributed by atoms with van der Waals surface area (Å²) in [5.74, 6) is 0.483. The van der Waals surface area contributed by atoms with E-state index >= 15 is 0 Å². The average Bonchev–Trinajstić information content (AvgIpc) is 3.17. The Morgan fingerprint density at radius 1 is 1.03 bits per heavy atom. The molecule has 0 fully saturated rings. The first-order chi connectivity index (χ1) is 14.8. The number of aryl methyl sites for hydroxylation is 1. The summed E-state index contributed by atoms with van der Waals surface area (Å²) in [5, 5.41) is 0.579. The molecule has 0 spiro atoms. The lowest BCUT2D eigenvalue weighted by atomic mass is 10.0. The van der Waals surface area contributed by atoms with Gasteiger partial charge in [0.25, 0.3) is 5.56 Å². The number of halogens is 1. The lowest BCUT2D eigenvalue weighted by Gasteiger charge is -2.10. The normalized spacial score (nSPS) is 11.4. The summed E-state index contributed by atoms with van der Waals surface area (Å²) in [6.45, 7) is 3.58. The largest absolute Gasteiger partial charge is 0.336 e. The predicted molar refractivity (Wildman–Crippen MR) is 120 cm³/mol. The summed E-state index contributed by atoms with van der Waals surface area (Å²) in [6, 6.07) is 13.7. The SMILES string of the molecule is CC(C)n1c(=O)c2[nH]c(Cc3ccc(C(=O)c4ccc(Cl)cc4)cc3)nc2n(C)c1=O. The number of imidazole rings is 1. The highest BCUT2D eigenvalue weighted by molar-refractivity contribution is 6.30. The molecular formula is C23H21ClN4O3. The van der Waals surface area contributed by atoms with Crippen LogP contribution in [0, 0.1) is 0 Å². The number of hydrogen-bond donors (Lipinski definition) is 1. The maximum atomic E-state index is 12.7. The predicted octanol–water partition coefficient (Wildman–Crippen LogP) is 3.48. The van der Waals surface area contributed by atoms with E-state index in [9.17, 15) is 14.4 Å². The van der Waals surface area contributed by atoms with Gasteiger partial charge in [0.1, 0.15) is 11.3 Å². The number of hydrogen-bond acceptors (Lipinski definition) is 4. The number of nitrogens with one attached hydrogen (secondary N) is 1. The van der Waals surface area contributed by atoms with E-state index in [-0.39, 0.29) is 17.4 Å². The van der Waals surface area contributed by atoms with Crippen molar-refractivity contribution in [2.75, 3.05) is 0 Å². The van der Waals surface area contributed by atoms with Crippen molar-refractivity contribution in [3.63, 3.8) is 0 Å². The molecule has 0 radical (unpaired) electrons. The van der Waals surface area contributed by atoms with Gasteiger partial charge in [-0.3, -0.25) is 18.7 Å². The molecule has 0 bridgehead atoms. The Balaban J connectivity index is 1.62. The van der Waals surface area contributed by atoms with Crippen LogP contribution in [0.3, 0.4) is 0 Å². The molecule has 0 aliphatic carbocycles. The molecule has 4 aromatic rings. The first-order valence-corrected chi connectivity index (χ1v) is 10.2. The molecule has 0 saturated carbocycles. The van der Waals surface area contributed by atoms with Crippen molar-refractivity contribution in [1.29, 1.82) is 0 Å². The number of H-pyrrole nitrogens is 1. The fourth-order valence-corrected chi connectivity index (χ4v) is 3.66. The number of carbonyl (C=O) groups is 1. The number of rotatable bonds is 5. The van der Waals surface area contributed by atoms with Crippen LogP contribution in [-0.4, -0.2) is 24.9 Å². The molecule has 7 nitrogen and oxygen atoms in total. The number of nitrogens with zero attached hydrogens (tertiary/aromatic N) is 3. The molecule has 0 saturated heterocycles. The first kappa shape index (κ1) is 20.8. The molecule has 0 amide bonds. The summed E-state index contributed by atoms with van der Waals surface area (Å²) < 4.78 is 2.59. The number of aromatic amines is 1. The third-order valence-electron chi connectivity index (χ3n) is 5.19. The minimum Gasteiger partial charge on any atom is -0.336 e. The molecule has 0 unspecified atom stereocenters. The van der Waals surface area contributed by atoms with Crippen LogP contribution in [0.4, 0.5) is 0 Å². The van der Waals surface area contributed by atoms with E-state index in [1.165, 1.54) is 9.13 Å². The Hall–Kier alpha value is -3.45. The van der Waals surface area contributed by atoms with E-state index in [0.717, 1.165) is 5.56 Å². The summed E-state index contributed by atoms with van der Waals surface area (Å²) in [5.41, 5.74) is 1.92. The van der Waals surface area contributed by atoms with Crippen molar-refractivity contribution in [2.24, 2.45) is 7.05 Å². The Kier molecular flexibility index (Phi) is 5.37. The second kappa shape index (κ2) is 8.00. The maximum absolute atomic E-state index is 12.7. The molecule has 8 heteroatoms. The monoisotopic (exact) mass is 436 g/mol. The van der Waals surface area contributed by atoms with E-state index in [4.69, 9.17) is 11.6 Å². The van der Waals surface area contributed by atoms with Crippen LogP contribution in [0.1, 0.15) is 47.2 Å². The number of fused-ring (bicyclic) bond motifs is 1. The number of aromatic nitrogens is 4. The fraction of sp³-hybridized carbons (Fsp3) is 0.217. The minimum atomic E-state index is -0.393. The zero-order valence-corrected chi connectivity index (χ0v) is 18.1. The molecule has 2 aromatic heterocycles. The van der Waals surface area contributed by atoms with Crippen LogP contribution in [0.15, 0.2) is 58.1 Å². The van der Waals surface area contributed by atoms with E-state index in [2.05, 4.69) is 9.97 Å². The van der Waals surface area contributed by atoms with Gasteiger partial charge >= 0.3 is 5.69 Å². The van der Waals surface area contributed by atoms with Gasteiger partial charge in [0.2, 0.25) is 0 Å². The summed E-state index contributed by atoms with van der Waals surface area (Å²) in [7, 11) is 1.60. The second-order valence-corrected chi connectivity index (χ2v) is 8.14. The standard InChI is InChI=1S/C23H21ClN4O3/c1-13(2)28-22(30)19-21(27(3)23(28)31)26-18(25-19)12-14-4-6-15(7-5-14)20(29)16-8-10-17(24)11-9-16/h4-11,13H,12H2,1-3H3,(H,25,26). The number of benzene rings is 2. The fourth-order valence-electron chi connectivity index (χ4n) is 3.54. The zero-order valence-electron chi connectivity index (χ0n) is 17.3. The second-order valence-electron chi connectivity index (χ2n) is 7.70. The molecule has 2 heterocycles. The lowest BCUT2D eigenvalue weighted by molar-refractivity contribution is 0.103. The van der Waals surface area contributed by atoms with Gasteiger partial charge in [-0.25, -0.2) is 9.78 Å². The van der Waals surface area contributed by atoms with Crippen LogP contribution >= 0.6 is 11.6 Å². The summed E-state index contributed by atoms with van der Waals surface area (Å²) >= 11 is 5.88. The number of ketones is 1. The van der Waals surface area contributed by atoms with Gasteiger partial charge in [-0.1, -0.05) is 35.9 Å². The highest BCUT2D eigenvalue weighted by atomic mass is 35.5. The third-order valence-corrected chi connectivity index (χ3v) is 5.44. The van der Waals surface area contributed by atoms with Crippen LogP contribution in [0.2, 0.25) is 5.02 Å². The number of carbonyl (C=O) groups excluding carboxylic acids is 1. The van der Waals surface area contributed by atoms with E-state index in [1.807, 2.05) is 12.1 Å². The summed E-state index contributed by atoms with van der Waals surface area (Å²) in [6.07, 6.45) is 0.430. The molecule has 0 aliphatic rings. The van der Waals surface area contributed by atoms with Crippen molar-refractivity contribution < 1.29 is 4.79 Å². The van der Waals surface area contributed by atoms with Crippen LogP contribution in [-0.2, 0) is 13.5 Å².